The highest BCUT2D eigenvalue weighted by Gasteiger charge is 2.36. The standard InChI is InChI=1S/C12H17NO2S/c1-8-7-11(14)13(12(8)15)9-3-5-10(16-2)6-4-9/h7,9-10H,3-6H2,1-2H3. The molecule has 0 unspecified atom stereocenters. The zero-order valence-electron chi connectivity index (χ0n) is 9.73. The summed E-state index contributed by atoms with van der Waals surface area (Å²) in [6, 6.07) is 0.136. The van der Waals surface area contributed by atoms with E-state index in [4.69, 9.17) is 0 Å². The molecule has 1 saturated carbocycles. The van der Waals surface area contributed by atoms with Gasteiger partial charge < -0.3 is 0 Å². The van der Waals surface area contributed by atoms with Gasteiger partial charge in [0.25, 0.3) is 11.8 Å². The van der Waals surface area contributed by atoms with E-state index in [2.05, 4.69) is 6.26 Å². The van der Waals surface area contributed by atoms with Crippen molar-refractivity contribution in [2.75, 3.05) is 6.26 Å². The fourth-order valence-electron chi connectivity index (χ4n) is 2.49. The summed E-state index contributed by atoms with van der Waals surface area (Å²) in [6.07, 6.45) is 7.74. The lowest BCUT2D eigenvalue weighted by molar-refractivity contribution is -0.140. The molecule has 0 aromatic heterocycles. The van der Waals surface area contributed by atoms with E-state index in [1.807, 2.05) is 11.8 Å². The number of thioether (sulfide) groups is 1. The maximum atomic E-state index is 11.8. The van der Waals surface area contributed by atoms with E-state index in [1.165, 1.54) is 11.0 Å². The van der Waals surface area contributed by atoms with Crippen LogP contribution >= 0.6 is 11.8 Å². The summed E-state index contributed by atoms with van der Waals surface area (Å²) in [4.78, 5) is 24.9. The zero-order chi connectivity index (χ0) is 11.7. The molecule has 0 N–H and O–H groups in total. The van der Waals surface area contributed by atoms with Crippen LogP contribution in [0.4, 0.5) is 0 Å². The van der Waals surface area contributed by atoms with E-state index in [0.717, 1.165) is 25.7 Å². The van der Waals surface area contributed by atoms with Crippen LogP contribution in [0.2, 0.25) is 0 Å². The van der Waals surface area contributed by atoms with Gasteiger partial charge in [-0.3, -0.25) is 14.5 Å². The van der Waals surface area contributed by atoms with Crippen LogP contribution in [0.15, 0.2) is 11.6 Å². The molecular weight excluding hydrogens is 222 g/mol. The maximum Gasteiger partial charge on any atom is 0.256 e. The Kier molecular flexibility index (Phi) is 3.38. The largest absolute Gasteiger partial charge is 0.272 e. The van der Waals surface area contributed by atoms with Gasteiger partial charge in [0.1, 0.15) is 0 Å². The molecule has 1 aliphatic carbocycles. The van der Waals surface area contributed by atoms with Crippen molar-refractivity contribution in [3.8, 4) is 0 Å². The number of hydrogen-bond acceptors (Lipinski definition) is 3. The van der Waals surface area contributed by atoms with E-state index in [9.17, 15) is 9.59 Å². The van der Waals surface area contributed by atoms with Crippen molar-refractivity contribution in [2.45, 2.75) is 43.9 Å². The smallest absolute Gasteiger partial charge is 0.256 e. The molecule has 3 nitrogen and oxygen atoms in total. The summed E-state index contributed by atoms with van der Waals surface area (Å²) in [5, 5.41) is 0.707. The first-order chi connectivity index (χ1) is 7.63. The molecule has 0 aromatic rings. The average Bonchev–Trinajstić information content (AvgIpc) is 2.54. The molecule has 16 heavy (non-hydrogen) atoms. The number of carbonyl (C=O) groups is 2. The molecule has 0 bridgehead atoms. The second-order valence-corrected chi connectivity index (χ2v) is 5.65. The molecule has 0 saturated heterocycles. The first kappa shape index (κ1) is 11.7. The quantitative estimate of drug-likeness (QED) is 0.691. The Hall–Kier alpha value is -0.770. The Balaban J connectivity index is 2.00. The fourth-order valence-corrected chi connectivity index (χ4v) is 3.24. The first-order valence-electron chi connectivity index (χ1n) is 5.72. The van der Waals surface area contributed by atoms with Crippen molar-refractivity contribution in [2.24, 2.45) is 0 Å². The normalized spacial score (nSPS) is 30.9. The van der Waals surface area contributed by atoms with Gasteiger partial charge >= 0.3 is 0 Å². The Morgan fingerprint density at radius 1 is 1.25 bits per heavy atom. The van der Waals surface area contributed by atoms with Gasteiger partial charge in [-0.2, -0.15) is 11.8 Å². The van der Waals surface area contributed by atoms with Crippen LogP contribution in [-0.4, -0.2) is 34.3 Å². The van der Waals surface area contributed by atoms with Crippen molar-refractivity contribution in [1.29, 1.82) is 0 Å². The summed E-state index contributed by atoms with van der Waals surface area (Å²) < 4.78 is 0. The van der Waals surface area contributed by atoms with Gasteiger partial charge in [0.05, 0.1) is 0 Å². The third-order valence-corrected chi connectivity index (χ3v) is 4.61. The number of rotatable bonds is 2. The highest BCUT2D eigenvalue weighted by molar-refractivity contribution is 7.99. The summed E-state index contributed by atoms with van der Waals surface area (Å²) in [6.45, 7) is 1.72. The van der Waals surface area contributed by atoms with Crippen LogP contribution in [0.1, 0.15) is 32.6 Å². The van der Waals surface area contributed by atoms with Gasteiger partial charge in [0.15, 0.2) is 0 Å². The molecule has 4 heteroatoms. The van der Waals surface area contributed by atoms with Gasteiger partial charge in [-0.15, -0.1) is 0 Å². The number of imide groups is 1. The van der Waals surface area contributed by atoms with Crippen LogP contribution in [-0.2, 0) is 9.59 Å². The SMILES string of the molecule is CSC1CCC(N2C(=O)C=C(C)C2=O)CC1. The van der Waals surface area contributed by atoms with Crippen molar-refractivity contribution >= 4 is 23.6 Å². The zero-order valence-corrected chi connectivity index (χ0v) is 10.5. The Bertz CT molecular complexity index is 343. The molecule has 2 rings (SSSR count). The summed E-state index contributed by atoms with van der Waals surface area (Å²) >= 11 is 1.89. The topological polar surface area (TPSA) is 37.4 Å². The van der Waals surface area contributed by atoms with E-state index in [1.54, 1.807) is 6.92 Å². The third kappa shape index (κ3) is 2.03. The van der Waals surface area contributed by atoms with E-state index in [0.29, 0.717) is 10.8 Å². The van der Waals surface area contributed by atoms with Crippen LogP contribution in [0.25, 0.3) is 0 Å². The molecule has 88 valence electrons. The van der Waals surface area contributed by atoms with Gasteiger partial charge in [-0.05, 0) is 38.9 Å². The van der Waals surface area contributed by atoms with E-state index < -0.39 is 0 Å². The monoisotopic (exact) mass is 239 g/mol. The van der Waals surface area contributed by atoms with Crippen molar-refractivity contribution in [3.63, 3.8) is 0 Å². The van der Waals surface area contributed by atoms with Crippen LogP contribution in [0.5, 0.6) is 0 Å². The summed E-state index contributed by atoms with van der Waals surface area (Å²) in [5.74, 6) is -0.201. The second kappa shape index (κ2) is 4.62. The van der Waals surface area contributed by atoms with Gasteiger partial charge in [0, 0.05) is 22.9 Å². The molecule has 2 aliphatic rings. The van der Waals surface area contributed by atoms with Crippen LogP contribution in [0, 0.1) is 0 Å². The second-order valence-electron chi connectivity index (χ2n) is 4.51. The molecule has 1 heterocycles. The highest BCUT2D eigenvalue weighted by Crippen LogP contribution is 2.31. The van der Waals surface area contributed by atoms with Crippen LogP contribution < -0.4 is 0 Å². The van der Waals surface area contributed by atoms with E-state index in [-0.39, 0.29) is 17.9 Å². The highest BCUT2D eigenvalue weighted by atomic mass is 32.2. The lowest BCUT2D eigenvalue weighted by atomic mass is 9.94. The Morgan fingerprint density at radius 3 is 2.31 bits per heavy atom. The molecule has 1 aliphatic heterocycles. The average molecular weight is 239 g/mol. The number of hydrogen-bond donors (Lipinski definition) is 0. The molecule has 0 atom stereocenters. The maximum absolute atomic E-state index is 11.8. The predicted molar refractivity (Wildman–Crippen MR) is 65.2 cm³/mol. The van der Waals surface area contributed by atoms with Gasteiger partial charge in [-0.1, -0.05) is 0 Å². The number of carbonyl (C=O) groups excluding carboxylic acids is 2. The van der Waals surface area contributed by atoms with E-state index >= 15 is 0 Å². The Morgan fingerprint density at radius 2 is 1.88 bits per heavy atom. The lowest BCUT2D eigenvalue weighted by Gasteiger charge is -2.32. The number of amides is 2. The molecule has 0 aromatic carbocycles. The predicted octanol–water partition coefficient (Wildman–Crippen LogP) is 1.98. The molecule has 1 fully saturated rings. The summed E-state index contributed by atoms with van der Waals surface area (Å²) in [5.41, 5.74) is 0.581. The number of nitrogens with zero attached hydrogens (tertiary/aromatic N) is 1. The lowest BCUT2D eigenvalue weighted by Crippen LogP contribution is -2.42. The first-order valence-corrected chi connectivity index (χ1v) is 7.01. The van der Waals surface area contributed by atoms with Crippen molar-refractivity contribution in [3.05, 3.63) is 11.6 Å². The third-order valence-electron chi connectivity index (χ3n) is 3.48. The van der Waals surface area contributed by atoms with Crippen molar-refractivity contribution in [1.82, 2.24) is 4.90 Å². The fraction of sp³-hybridized carbons (Fsp3) is 0.667. The Labute approximate surface area is 100 Å². The van der Waals surface area contributed by atoms with Crippen molar-refractivity contribution < 1.29 is 9.59 Å². The molecule has 0 radical (unpaired) electrons. The molecule has 2 amide bonds. The minimum Gasteiger partial charge on any atom is -0.272 e. The minimum absolute atomic E-state index is 0.0856. The van der Waals surface area contributed by atoms with Crippen LogP contribution in [0.3, 0.4) is 0 Å². The van der Waals surface area contributed by atoms with Gasteiger partial charge in [0.2, 0.25) is 0 Å². The summed E-state index contributed by atoms with van der Waals surface area (Å²) in [7, 11) is 0. The molecule has 0 spiro atoms. The minimum atomic E-state index is -0.116. The van der Waals surface area contributed by atoms with Gasteiger partial charge in [-0.25, -0.2) is 0 Å². The molecular formula is C12H17NO2S.